The Hall–Kier alpha value is -1.02. The number of anilines is 1. The molecule has 112 valence electrons. The maximum atomic E-state index is 3.66. The van der Waals surface area contributed by atoms with Crippen molar-refractivity contribution in [1.29, 1.82) is 0 Å². The monoisotopic (exact) mass is 274 g/mol. The van der Waals surface area contributed by atoms with Crippen molar-refractivity contribution in [1.82, 2.24) is 5.32 Å². The van der Waals surface area contributed by atoms with Gasteiger partial charge >= 0.3 is 0 Å². The lowest BCUT2D eigenvalue weighted by atomic mass is 9.77. The van der Waals surface area contributed by atoms with E-state index in [0.717, 1.165) is 6.54 Å². The zero-order valence-corrected chi connectivity index (χ0v) is 13.7. The Labute approximate surface area is 124 Å². The Kier molecular flexibility index (Phi) is 4.74. The number of hydrogen-bond donors (Lipinski definition) is 2. The second kappa shape index (κ2) is 6.17. The van der Waals surface area contributed by atoms with Gasteiger partial charge in [-0.2, -0.15) is 0 Å². The van der Waals surface area contributed by atoms with Crippen LogP contribution in [0.4, 0.5) is 5.69 Å². The molecule has 20 heavy (non-hydrogen) atoms. The molecule has 1 aliphatic heterocycles. The summed E-state index contributed by atoms with van der Waals surface area (Å²) in [6.45, 7) is 13.7. The third kappa shape index (κ3) is 3.54. The minimum absolute atomic E-state index is 0.196. The third-order valence-corrected chi connectivity index (χ3v) is 4.06. The molecule has 2 heteroatoms. The van der Waals surface area contributed by atoms with Gasteiger partial charge in [0.15, 0.2) is 0 Å². The van der Waals surface area contributed by atoms with Crippen LogP contribution in [0.1, 0.15) is 64.5 Å². The summed E-state index contributed by atoms with van der Waals surface area (Å²) in [4.78, 5) is 0. The zero-order valence-electron chi connectivity index (χ0n) is 13.7. The van der Waals surface area contributed by atoms with Gasteiger partial charge in [-0.15, -0.1) is 0 Å². The summed E-state index contributed by atoms with van der Waals surface area (Å²) in [6, 6.07) is 7.24. The molecule has 0 spiro atoms. The van der Waals surface area contributed by atoms with Gasteiger partial charge in [-0.05, 0) is 61.8 Å². The molecule has 2 nitrogen and oxygen atoms in total. The highest BCUT2D eigenvalue weighted by Crippen LogP contribution is 2.38. The van der Waals surface area contributed by atoms with Gasteiger partial charge in [0.1, 0.15) is 0 Å². The number of benzene rings is 1. The number of nitrogens with one attached hydrogen (secondary N) is 2. The third-order valence-electron chi connectivity index (χ3n) is 4.06. The first-order valence-corrected chi connectivity index (χ1v) is 8.00. The Morgan fingerprint density at radius 1 is 1.25 bits per heavy atom. The van der Waals surface area contributed by atoms with Crippen molar-refractivity contribution < 1.29 is 0 Å². The molecule has 2 N–H and O–H groups in total. The predicted molar refractivity (Wildman–Crippen MR) is 88.7 cm³/mol. The summed E-state index contributed by atoms with van der Waals surface area (Å²) < 4.78 is 0. The van der Waals surface area contributed by atoms with Crippen LogP contribution in [0.3, 0.4) is 0 Å². The number of rotatable bonds is 3. The van der Waals surface area contributed by atoms with Gasteiger partial charge in [0.05, 0.1) is 0 Å². The molecule has 1 aliphatic rings. The van der Waals surface area contributed by atoms with Gasteiger partial charge in [-0.1, -0.05) is 32.9 Å². The van der Waals surface area contributed by atoms with Crippen molar-refractivity contribution in [3.63, 3.8) is 0 Å². The lowest BCUT2D eigenvalue weighted by Gasteiger charge is -2.32. The van der Waals surface area contributed by atoms with Gasteiger partial charge in [0.25, 0.3) is 0 Å². The van der Waals surface area contributed by atoms with Crippen molar-refractivity contribution in [2.24, 2.45) is 0 Å². The van der Waals surface area contributed by atoms with Crippen LogP contribution >= 0.6 is 0 Å². The van der Waals surface area contributed by atoms with Crippen molar-refractivity contribution in [2.75, 3.05) is 18.4 Å². The van der Waals surface area contributed by atoms with E-state index in [1.54, 1.807) is 5.56 Å². The Bertz CT molecular complexity index is 437. The summed E-state index contributed by atoms with van der Waals surface area (Å²) in [5, 5.41) is 7.22. The van der Waals surface area contributed by atoms with Crippen LogP contribution in [0.25, 0.3) is 0 Å². The fourth-order valence-corrected chi connectivity index (χ4v) is 3.19. The van der Waals surface area contributed by atoms with E-state index in [9.17, 15) is 0 Å². The molecule has 0 aromatic heterocycles. The summed E-state index contributed by atoms with van der Waals surface area (Å²) in [5.74, 6) is 0.639. The average Bonchev–Trinajstić information content (AvgIpc) is 2.38. The first-order chi connectivity index (χ1) is 9.39. The van der Waals surface area contributed by atoms with E-state index in [2.05, 4.69) is 63.5 Å². The molecule has 1 unspecified atom stereocenters. The molecule has 1 heterocycles. The molecular weight excluding hydrogens is 244 g/mol. The highest BCUT2D eigenvalue weighted by Gasteiger charge is 2.26. The van der Waals surface area contributed by atoms with Crippen molar-refractivity contribution in [3.05, 3.63) is 29.3 Å². The molecule has 0 saturated carbocycles. The van der Waals surface area contributed by atoms with E-state index in [-0.39, 0.29) is 5.41 Å². The molecule has 1 fully saturated rings. The SMILES string of the molecule is CC(C)Nc1cccc(C(C)(C)C)c1C1CCCNC1. The first kappa shape index (κ1) is 15.4. The van der Waals surface area contributed by atoms with Crippen LogP contribution < -0.4 is 10.6 Å². The summed E-state index contributed by atoms with van der Waals surface area (Å²) >= 11 is 0. The highest BCUT2D eigenvalue weighted by molar-refractivity contribution is 5.58. The number of piperidine rings is 1. The molecule has 1 saturated heterocycles. The average molecular weight is 274 g/mol. The summed E-state index contributed by atoms with van der Waals surface area (Å²) in [7, 11) is 0. The van der Waals surface area contributed by atoms with E-state index in [1.165, 1.54) is 30.6 Å². The van der Waals surface area contributed by atoms with Crippen LogP contribution in [0.15, 0.2) is 18.2 Å². The van der Waals surface area contributed by atoms with Crippen LogP contribution in [-0.2, 0) is 5.41 Å². The molecule has 0 amide bonds. The normalized spacial score (nSPS) is 20.2. The van der Waals surface area contributed by atoms with E-state index in [0.29, 0.717) is 12.0 Å². The second-order valence-corrected chi connectivity index (χ2v) is 7.36. The van der Waals surface area contributed by atoms with Crippen molar-refractivity contribution in [3.8, 4) is 0 Å². The largest absolute Gasteiger partial charge is 0.383 e. The maximum absolute atomic E-state index is 3.66. The Balaban J connectivity index is 2.46. The van der Waals surface area contributed by atoms with E-state index < -0.39 is 0 Å². The lowest BCUT2D eigenvalue weighted by molar-refractivity contribution is 0.452. The van der Waals surface area contributed by atoms with Crippen LogP contribution in [0.2, 0.25) is 0 Å². The summed E-state index contributed by atoms with van der Waals surface area (Å²) in [5.41, 5.74) is 4.57. The predicted octanol–water partition coefficient (Wildman–Crippen LogP) is 4.27. The molecule has 1 aromatic rings. The molecule has 1 atom stereocenters. The fourth-order valence-electron chi connectivity index (χ4n) is 3.19. The van der Waals surface area contributed by atoms with Gasteiger partial charge in [-0.3, -0.25) is 0 Å². The van der Waals surface area contributed by atoms with E-state index >= 15 is 0 Å². The first-order valence-electron chi connectivity index (χ1n) is 8.00. The molecular formula is C18H30N2. The molecule has 0 bridgehead atoms. The highest BCUT2D eigenvalue weighted by atomic mass is 14.9. The second-order valence-electron chi connectivity index (χ2n) is 7.36. The van der Waals surface area contributed by atoms with Gasteiger partial charge in [0, 0.05) is 18.3 Å². The van der Waals surface area contributed by atoms with Crippen molar-refractivity contribution in [2.45, 2.75) is 64.8 Å². The molecule has 2 rings (SSSR count). The van der Waals surface area contributed by atoms with E-state index in [4.69, 9.17) is 0 Å². The van der Waals surface area contributed by atoms with E-state index in [1.807, 2.05) is 0 Å². The zero-order chi connectivity index (χ0) is 14.8. The Morgan fingerprint density at radius 2 is 2.00 bits per heavy atom. The van der Waals surface area contributed by atoms with Crippen LogP contribution in [0, 0.1) is 0 Å². The maximum Gasteiger partial charge on any atom is 0.0380 e. The number of hydrogen-bond acceptors (Lipinski definition) is 2. The lowest BCUT2D eigenvalue weighted by Crippen LogP contribution is -2.31. The minimum atomic E-state index is 0.196. The quantitative estimate of drug-likeness (QED) is 0.860. The van der Waals surface area contributed by atoms with Gasteiger partial charge in [0.2, 0.25) is 0 Å². The standard InChI is InChI=1S/C18H30N2/c1-13(2)20-16-10-6-9-15(18(3,4)5)17(16)14-8-7-11-19-12-14/h6,9-10,13-14,19-20H,7-8,11-12H2,1-5H3. The smallest absolute Gasteiger partial charge is 0.0380 e. The topological polar surface area (TPSA) is 24.1 Å². The molecule has 1 aromatic carbocycles. The van der Waals surface area contributed by atoms with Crippen LogP contribution in [0.5, 0.6) is 0 Å². The van der Waals surface area contributed by atoms with Gasteiger partial charge < -0.3 is 10.6 Å². The Morgan fingerprint density at radius 3 is 2.55 bits per heavy atom. The molecule has 0 aliphatic carbocycles. The molecule has 0 radical (unpaired) electrons. The van der Waals surface area contributed by atoms with Crippen molar-refractivity contribution >= 4 is 5.69 Å². The fraction of sp³-hybridized carbons (Fsp3) is 0.667. The van der Waals surface area contributed by atoms with Gasteiger partial charge in [-0.25, -0.2) is 0 Å². The van der Waals surface area contributed by atoms with Crippen LogP contribution in [-0.4, -0.2) is 19.1 Å². The minimum Gasteiger partial charge on any atom is -0.383 e. The summed E-state index contributed by atoms with van der Waals surface area (Å²) in [6.07, 6.45) is 2.58.